The Bertz CT molecular complexity index is 64.1. The molecule has 0 aliphatic heterocycles. The molecule has 0 aromatic carbocycles. The first-order valence-electron chi connectivity index (χ1n) is 1.04. The number of halogens is 2. The molecule has 4 N–H and O–H groups in total. The number of rotatable bonds is 0. The molecule has 52 valence electrons. The Morgan fingerprint density at radius 1 is 1.22 bits per heavy atom. The molecule has 0 spiro atoms. The molecule has 0 rings (SSSR count). The average molecular weight is 184 g/mol. The first-order chi connectivity index (χ1) is 2.73. The fourth-order valence-corrected chi connectivity index (χ4v) is 0. The second-order valence-corrected chi connectivity index (χ2v) is 0.402. The van der Waals surface area contributed by atoms with Crippen molar-refractivity contribution in [3.8, 4) is 6.57 Å². The van der Waals surface area contributed by atoms with Crippen molar-refractivity contribution in [3.63, 3.8) is 0 Å². The van der Waals surface area contributed by atoms with Crippen molar-refractivity contribution in [2.45, 2.75) is 0 Å². The molecular weight excluding hydrogens is 176 g/mol. The minimum atomic E-state index is -0.833. The van der Waals surface area contributed by atoms with Gasteiger partial charge in [0.15, 0.2) is 0 Å². The summed E-state index contributed by atoms with van der Waals surface area (Å²) in [5.74, 6) is 0. The third kappa shape index (κ3) is 2900. The number of hydrogen-bond donors (Lipinski definition) is 2. The third-order valence-electron chi connectivity index (χ3n) is 0. The fraction of sp³-hybridized carbons (Fsp3) is 0. The average Bonchev–Trinajstić information content (AvgIpc) is 1.41. The van der Waals surface area contributed by atoms with Crippen molar-refractivity contribution in [1.82, 2.24) is 0 Å². The number of hydrogen-bond acceptors (Lipinski definition) is 2. The summed E-state index contributed by atoms with van der Waals surface area (Å²) in [7, 11) is 0. The van der Waals surface area contributed by atoms with Crippen molar-refractivity contribution in [3.05, 3.63) is 0 Å². The minimum absolute atomic E-state index is 0. The summed E-state index contributed by atoms with van der Waals surface area (Å²) in [4.78, 5) is 9.00. The Kier molecular flexibility index (Phi) is 154. The summed E-state index contributed by atoms with van der Waals surface area (Å²) in [6.45, 7) is 3.50. The zero-order chi connectivity index (χ0) is 5.58. The van der Waals surface area contributed by atoms with Crippen molar-refractivity contribution < 1.29 is 4.79 Å². The Morgan fingerprint density at radius 3 is 1.22 bits per heavy atom. The van der Waals surface area contributed by atoms with Crippen LogP contribution in [0.3, 0.4) is 0 Å². The standard InChI is InChI=1S/CH4N2O.CHN.2ClH.Na.H/c2-1(3)4;1-2;;;;/h(H4,2,3,4);1H;2*1H;;. The summed E-state index contributed by atoms with van der Waals surface area (Å²) >= 11 is 0. The van der Waals surface area contributed by atoms with E-state index in [1.165, 1.54) is 0 Å². The zero-order valence-electron chi connectivity index (χ0n) is 3.90. The number of urea groups is 1. The van der Waals surface area contributed by atoms with Gasteiger partial charge in [0.05, 0.1) is 0 Å². The van der Waals surface area contributed by atoms with Gasteiger partial charge in [-0.05, 0) is 0 Å². The Hall–Kier alpha value is 0.340. The molecule has 0 heterocycles. The number of nitrogens with two attached hydrogens (primary N) is 2. The van der Waals surface area contributed by atoms with Gasteiger partial charge in [-0.1, -0.05) is 0 Å². The van der Waals surface area contributed by atoms with E-state index in [1.807, 2.05) is 0 Å². The van der Waals surface area contributed by atoms with Crippen molar-refractivity contribution in [2.24, 2.45) is 11.5 Å². The van der Waals surface area contributed by atoms with E-state index in [0.717, 1.165) is 0 Å². The van der Waals surface area contributed by atoms with E-state index in [-0.39, 0.29) is 54.4 Å². The summed E-state index contributed by atoms with van der Waals surface area (Å²) in [5.41, 5.74) is 8.50. The van der Waals surface area contributed by atoms with Gasteiger partial charge in [0.25, 0.3) is 0 Å². The van der Waals surface area contributed by atoms with E-state index >= 15 is 0 Å². The summed E-state index contributed by atoms with van der Waals surface area (Å²) in [5, 5.41) is 6.50. The van der Waals surface area contributed by atoms with Gasteiger partial charge in [-0.3, -0.25) is 0 Å². The van der Waals surface area contributed by atoms with Gasteiger partial charge in [-0.2, -0.15) is 0 Å². The molecule has 0 aromatic rings. The molecule has 2 amide bonds. The number of nitriles is 1. The summed E-state index contributed by atoms with van der Waals surface area (Å²) in [6.07, 6.45) is 0. The molecule has 0 atom stereocenters. The molecule has 0 aliphatic rings. The molecule has 7 heteroatoms. The molecule has 0 fully saturated rings. The van der Waals surface area contributed by atoms with Crippen LogP contribution in [0.2, 0.25) is 0 Å². The molecule has 0 aliphatic carbocycles. The molecule has 9 heavy (non-hydrogen) atoms. The van der Waals surface area contributed by atoms with E-state index in [1.54, 1.807) is 0 Å². The van der Waals surface area contributed by atoms with Gasteiger partial charge < -0.3 is 11.5 Å². The van der Waals surface area contributed by atoms with Crippen molar-refractivity contribution in [1.29, 1.82) is 5.26 Å². The quantitative estimate of drug-likeness (QED) is 0.490. The van der Waals surface area contributed by atoms with Crippen molar-refractivity contribution in [2.75, 3.05) is 0 Å². The number of carbonyl (C=O) groups is 1. The Morgan fingerprint density at radius 2 is 1.22 bits per heavy atom. The van der Waals surface area contributed by atoms with Crippen LogP contribution < -0.4 is 11.5 Å². The van der Waals surface area contributed by atoms with E-state index < -0.39 is 6.03 Å². The molecule has 0 aromatic heterocycles. The number of amides is 2. The van der Waals surface area contributed by atoms with Crippen LogP contribution in [0.25, 0.3) is 0 Å². The number of carbonyl (C=O) groups excluding carboxylic acids is 1. The van der Waals surface area contributed by atoms with Crippen LogP contribution >= 0.6 is 24.8 Å². The van der Waals surface area contributed by atoms with E-state index in [9.17, 15) is 0 Å². The van der Waals surface area contributed by atoms with E-state index in [0.29, 0.717) is 0 Å². The Balaban J connectivity index is -0.00000000990. The molecular formula is C2H8Cl2N3NaO. The molecule has 0 unspecified atom stereocenters. The van der Waals surface area contributed by atoms with Crippen LogP contribution in [0.5, 0.6) is 0 Å². The number of primary amides is 2. The van der Waals surface area contributed by atoms with Gasteiger partial charge in [-0.25, -0.2) is 10.1 Å². The fourth-order valence-electron chi connectivity index (χ4n) is 0. The van der Waals surface area contributed by atoms with E-state index in [2.05, 4.69) is 18.0 Å². The van der Waals surface area contributed by atoms with E-state index in [4.69, 9.17) is 10.1 Å². The molecule has 0 saturated heterocycles. The van der Waals surface area contributed by atoms with Gasteiger partial charge in [0.2, 0.25) is 0 Å². The zero-order valence-corrected chi connectivity index (χ0v) is 5.54. The van der Waals surface area contributed by atoms with Gasteiger partial charge in [0.1, 0.15) is 0 Å². The van der Waals surface area contributed by atoms with Crippen LogP contribution in [0.4, 0.5) is 4.79 Å². The molecule has 4 nitrogen and oxygen atoms in total. The van der Waals surface area contributed by atoms with Crippen LogP contribution in [-0.2, 0) is 0 Å². The first-order valence-corrected chi connectivity index (χ1v) is 1.04. The van der Waals surface area contributed by atoms with Crippen LogP contribution in [0, 0.1) is 11.8 Å². The van der Waals surface area contributed by atoms with Gasteiger partial charge in [0, 0.05) is 6.57 Å². The topological polar surface area (TPSA) is 92.9 Å². The van der Waals surface area contributed by atoms with Crippen molar-refractivity contribution >= 4 is 60.4 Å². The Labute approximate surface area is 88.1 Å². The summed E-state index contributed by atoms with van der Waals surface area (Å²) < 4.78 is 0. The predicted molar refractivity (Wildman–Crippen MR) is 42.1 cm³/mol. The molecule has 0 radical (unpaired) electrons. The normalized spacial score (nSPS) is 2.89. The summed E-state index contributed by atoms with van der Waals surface area (Å²) in [6, 6.07) is -0.833. The SMILES string of the molecule is C#N.Cl.Cl.NC(N)=O.[NaH]. The van der Waals surface area contributed by atoms with Crippen LogP contribution in [0.15, 0.2) is 0 Å². The monoisotopic (exact) mass is 183 g/mol. The third-order valence-corrected chi connectivity index (χ3v) is 0. The van der Waals surface area contributed by atoms with Gasteiger partial charge in [-0.15, -0.1) is 24.8 Å². The van der Waals surface area contributed by atoms with Crippen LogP contribution in [-0.4, -0.2) is 35.6 Å². The molecule has 0 saturated carbocycles. The molecule has 0 bridgehead atoms. The second-order valence-electron chi connectivity index (χ2n) is 0.402. The van der Waals surface area contributed by atoms with Gasteiger partial charge >= 0.3 is 35.6 Å². The first kappa shape index (κ1) is 34.5. The predicted octanol–water partition coefficient (Wildman–Crippen LogP) is -0.641. The van der Waals surface area contributed by atoms with Crippen LogP contribution in [0.1, 0.15) is 0 Å². The number of nitrogens with zero attached hydrogens (tertiary/aromatic N) is 1. The maximum absolute atomic E-state index is 9.00. The second kappa shape index (κ2) is 40.3. The maximum atomic E-state index is 9.00.